The molecule has 3 aliphatic rings. The molecule has 0 aromatic heterocycles. The summed E-state index contributed by atoms with van der Waals surface area (Å²) in [5, 5.41) is 0. The molecule has 4 atom stereocenters. The Bertz CT molecular complexity index is 1000. The second-order valence-electron chi connectivity index (χ2n) is 10.5. The van der Waals surface area contributed by atoms with Crippen LogP contribution in [0, 0.1) is 23.7 Å². The van der Waals surface area contributed by atoms with Crippen LogP contribution >= 0.6 is 0 Å². The Kier molecular flexibility index (Phi) is 6.90. The molecule has 0 amide bonds. The largest absolute Gasteiger partial charge is 0.299 e. The van der Waals surface area contributed by atoms with E-state index in [1.54, 1.807) is 0 Å². The molecule has 2 saturated carbocycles. The van der Waals surface area contributed by atoms with Crippen LogP contribution in [0.25, 0.3) is 11.1 Å². The monoisotopic (exact) mass is 440 g/mol. The topological polar surface area (TPSA) is 34.1 Å². The summed E-state index contributed by atoms with van der Waals surface area (Å²) < 4.78 is 0. The summed E-state index contributed by atoms with van der Waals surface area (Å²) in [7, 11) is 0. The van der Waals surface area contributed by atoms with Crippen LogP contribution in [0.15, 0.2) is 60.7 Å². The Hall–Kier alpha value is -2.48. The first-order chi connectivity index (χ1) is 16.2. The highest BCUT2D eigenvalue weighted by molar-refractivity contribution is 6.32. The number of carbonyl (C=O) groups is 2. The average molecular weight is 441 g/mol. The molecule has 0 radical (unpaired) electrons. The van der Waals surface area contributed by atoms with E-state index in [2.05, 4.69) is 12.1 Å². The van der Waals surface area contributed by atoms with Crippen LogP contribution in [0.5, 0.6) is 0 Å². The van der Waals surface area contributed by atoms with Gasteiger partial charge in [0.25, 0.3) is 0 Å². The first kappa shape index (κ1) is 22.3. The van der Waals surface area contributed by atoms with Gasteiger partial charge in [0.15, 0.2) is 5.78 Å². The van der Waals surface area contributed by atoms with Crippen molar-refractivity contribution in [2.75, 3.05) is 0 Å². The minimum Gasteiger partial charge on any atom is -0.299 e. The molecule has 2 aromatic carbocycles. The number of hydrogen-bond acceptors (Lipinski definition) is 2. The van der Waals surface area contributed by atoms with Gasteiger partial charge in [0, 0.05) is 23.8 Å². The minimum atomic E-state index is -0.00278. The smallest absolute Gasteiger partial charge is 0.167 e. The molecule has 172 valence electrons. The summed E-state index contributed by atoms with van der Waals surface area (Å²) in [6.07, 6.45) is 12.0. The first-order valence-corrected chi connectivity index (χ1v) is 13.1. The molecule has 0 saturated heterocycles. The van der Waals surface area contributed by atoms with E-state index in [0.29, 0.717) is 24.0 Å². The van der Waals surface area contributed by atoms with Gasteiger partial charge in [-0.2, -0.15) is 0 Å². The number of hydrogen-bond donors (Lipinski definition) is 0. The van der Waals surface area contributed by atoms with Crippen molar-refractivity contribution >= 4 is 22.7 Å². The molecule has 2 heteroatoms. The van der Waals surface area contributed by atoms with Gasteiger partial charge in [-0.3, -0.25) is 9.59 Å². The fraction of sp³-hybridized carbons (Fsp3) is 0.484. The van der Waals surface area contributed by atoms with Crippen molar-refractivity contribution in [3.05, 3.63) is 71.8 Å². The number of allylic oxidation sites excluding steroid dienone is 2. The van der Waals surface area contributed by atoms with Crippen molar-refractivity contribution in [3.63, 3.8) is 0 Å². The molecule has 5 rings (SSSR count). The summed E-state index contributed by atoms with van der Waals surface area (Å²) >= 11 is 0. The molecule has 2 aromatic rings. The van der Waals surface area contributed by atoms with Gasteiger partial charge >= 0.3 is 0 Å². The summed E-state index contributed by atoms with van der Waals surface area (Å²) in [5.74, 6) is 2.47. The van der Waals surface area contributed by atoms with Crippen LogP contribution in [0.3, 0.4) is 0 Å². The predicted octanol–water partition coefficient (Wildman–Crippen LogP) is 7.53. The maximum absolute atomic E-state index is 13.5. The van der Waals surface area contributed by atoms with E-state index in [9.17, 15) is 9.59 Å². The Balaban J connectivity index is 1.25. The lowest BCUT2D eigenvalue weighted by Gasteiger charge is -2.40. The molecule has 3 aliphatic carbocycles. The van der Waals surface area contributed by atoms with Crippen molar-refractivity contribution in [2.24, 2.45) is 23.7 Å². The van der Waals surface area contributed by atoms with E-state index in [0.717, 1.165) is 48.3 Å². The van der Waals surface area contributed by atoms with E-state index in [1.807, 2.05) is 48.5 Å². The highest BCUT2D eigenvalue weighted by Gasteiger charge is 2.38. The van der Waals surface area contributed by atoms with Crippen LogP contribution in [0.4, 0.5) is 0 Å². The molecular formula is C31H36O2. The lowest BCUT2D eigenvalue weighted by molar-refractivity contribution is -0.127. The number of fused-ring (bicyclic) bond motifs is 1. The molecule has 0 aliphatic heterocycles. The first-order valence-electron chi connectivity index (χ1n) is 13.1. The van der Waals surface area contributed by atoms with Gasteiger partial charge in [0.1, 0.15) is 5.78 Å². The van der Waals surface area contributed by atoms with Gasteiger partial charge in [0.05, 0.1) is 0 Å². The second-order valence-corrected chi connectivity index (χ2v) is 10.5. The Morgan fingerprint density at radius 3 is 2.21 bits per heavy atom. The number of benzene rings is 2. The zero-order chi connectivity index (χ0) is 22.6. The maximum atomic E-state index is 13.5. The molecule has 0 heterocycles. The summed E-state index contributed by atoms with van der Waals surface area (Å²) in [4.78, 5) is 26.7. The Labute approximate surface area is 198 Å². The summed E-state index contributed by atoms with van der Waals surface area (Å²) in [6.45, 7) is 0. The third-order valence-corrected chi connectivity index (χ3v) is 8.52. The van der Waals surface area contributed by atoms with Crippen LogP contribution in [0.1, 0.15) is 81.8 Å². The lowest BCUT2D eigenvalue weighted by Crippen LogP contribution is -2.35. The predicted molar refractivity (Wildman–Crippen MR) is 134 cm³/mol. The fourth-order valence-corrected chi connectivity index (χ4v) is 6.90. The van der Waals surface area contributed by atoms with Crippen molar-refractivity contribution in [1.82, 2.24) is 0 Å². The molecule has 0 spiro atoms. The summed E-state index contributed by atoms with van der Waals surface area (Å²) in [5.41, 5.74) is 4.22. The standard InChI is InChI=1S/C31H36O2/c32-29(27-19-9-16-22-13-7-8-18-26(22)27)20-10-17-25-21-28(23-11-3-1-4-12-23)30(31(25)33)24-14-5-2-6-15-24/h1-6,11-12,14-15,22,25-27H,7-10,13,16-21H2. The highest BCUT2D eigenvalue weighted by atomic mass is 16.1. The van der Waals surface area contributed by atoms with Crippen LogP contribution in [-0.4, -0.2) is 11.6 Å². The lowest BCUT2D eigenvalue weighted by atomic mass is 9.64. The van der Waals surface area contributed by atoms with Gasteiger partial charge in [-0.15, -0.1) is 0 Å². The highest BCUT2D eigenvalue weighted by Crippen LogP contribution is 2.45. The van der Waals surface area contributed by atoms with Crippen LogP contribution < -0.4 is 0 Å². The molecule has 2 nitrogen and oxygen atoms in total. The second kappa shape index (κ2) is 10.2. The Morgan fingerprint density at radius 2 is 1.45 bits per heavy atom. The molecule has 33 heavy (non-hydrogen) atoms. The fourth-order valence-electron chi connectivity index (χ4n) is 6.90. The van der Waals surface area contributed by atoms with Crippen molar-refractivity contribution < 1.29 is 9.59 Å². The molecular weight excluding hydrogens is 404 g/mol. The summed E-state index contributed by atoms with van der Waals surface area (Å²) in [6, 6.07) is 20.4. The number of carbonyl (C=O) groups excluding carboxylic acids is 2. The van der Waals surface area contributed by atoms with Crippen molar-refractivity contribution in [1.29, 1.82) is 0 Å². The van der Waals surface area contributed by atoms with Gasteiger partial charge in [0.2, 0.25) is 0 Å². The quantitative estimate of drug-likeness (QED) is 0.446. The number of Topliss-reactive ketones (excluding diaryl/α,β-unsaturated/α-hetero) is 2. The average Bonchev–Trinajstić information content (AvgIpc) is 3.20. The molecule has 0 N–H and O–H groups in total. The van der Waals surface area contributed by atoms with E-state index < -0.39 is 0 Å². The number of rotatable bonds is 7. The third-order valence-electron chi connectivity index (χ3n) is 8.52. The minimum absolute atomic E-state index is 0.00278. The van der Waals surface area contributed by atoms with E-state index in [-0.39, 0.29) is 11.7 Å². The zero-order valence-corrected chi connectivity index (χ0v) is 19.7. The van der Waals surface area contributed by atoms with Crippen LogP contribution in [-0.2, 0) is 9.59 Å². The van der Waals surface area contributed by atoms with Gasteiger partial charge in [-0.25, -0.2) is 0 Å². The SMILES string of the molecule is O=C1C(c2ccccc2)=C(c2ccccc2)CC1CCCC(=O)C1CCCC2CCCCC21. The van der Waals surface area contributed by atoms with Crippen LogP contribution in [0.2, 0.25) is 0 Å². The van der Waals surface area contributed by atoms with E-state index in [1.165, 1.54) is 44.1 Å². The molecule has 4 unspecified atom stereocenters. The molecule has 0 bridgehead atoms. The third kappa shape index (κ3) is 4.76. The van der Waals surface area contributed by atoms with Gasteiger partial charge < -0.3 is 0 Å². The van der Waals surface area contributed by atoms with Gasteiger partial charge in [-0.05, 0) is 60.6 Å². The maximum Gasteiger partial charge on any atom is 0.167 e. The normalized spacial score (nSPS) is 27.5. The van der Waals surface area contributed by atoms with Crippen molar-refractivity contribution in [2.45, 2.75) is 70.6 Å². The molecule has 2 fully saturated rings. The van der Waals surface area contributed by atoms with E-state index >= 15 is 0 Å². The van der Waals surface area contributed by atoms with Crippen molar-refractivity contribution in [3.8, 4) is 0 Å². The zero-order valence-electron chi connectivity index (χ0n) is 19.7. The van der Waals surface area contributed by atoms with Gasteiger partial charge in [-0.1, -0.05) is 92.8 Å². The van der Waals surface area contributed by atoms with E-state index in [4.69, 9.17) is 0 Å². The Morgan fingerprint density at radius 1 is 0.788 bits per heavy atom. The number of ketones is 2.